The lowest BCUT2D eigenvalue weighted by atomic mass is 10.1. The smallest absolute Gasteiger partial charge is 0.311 e. The van der Waals surface area contributed by atoms with Crippen LogP contribution in [0.3, 0.4) is 0 Å². The zero-order valence-electron chi connectivity index (χ0n) is 14.3. The van der Waals surface area contributed by atoms with Crippen LogP contribution in [0.1, 0.15) is 32.4 Å². The maximum absolute atomic E-state index is 11.2. The average molecular weight is 365 g/mol. The standard InChI is InChI=1S/C18H21ClN2O4/c1-18(2,3)25-17-10-14(8-9-16(17)21(23)24)20-15(11-22)12-4-6-13(19)7-5-12/h4-10,15,20,22H,11H2,1-3H3. The van der Waals surface area contributed by atoms with Gasteiger partial charge in [0.15, 0.2) is 5.75 Å². The summed E-state index contributed by atoms with van der Waals surface area (Å²) in [6.07, 6.45) is 0. The first kappa shape index (κ1) is 19.0. The van der Waals surface area contributed by atoms with Crippen LogP contribution in [-0.2, 0) is 0 Å². The number of ether oxygens (including phenoxy) is 1. The Kier molecular flexibility index (Phi) is 5.87. The predicted molar refractivity (Wildman–Crippen MR) is 98.4 cm³/mol. The molecule has 0 aliphatic carbocycles. The van der Waals surface area contributed by atoms with Gasteiger partial charge in [-0.05, 0) is 44.5 Å². The zero-order valence-corrected chi connectivity index (χ0v) is 15.1. The molecule has 134 valence electrons. The third-order valence-corrected chi connectivity index (χ3v) is 3.62. The Balaban J connectivity index is 2.30. The lowest BCUT2D eigenvalue weighted by molar-refractivity contribution is -0.386. The molecule has 0 spiro atoms. The molecule has 2 N–H and O–H groups in total. The molecule has 0 fully saturated rings. The lowest BCUT2D eigenvalue weighted by Gasteiger charge is -2.23. The van der Waals surface area contributed by atoms with Gasteiger partial charge < -0.3 is 15.2 Å². The number of hydrogen-bond donors (Lipinski definition) is 2. The van der Waals surface area contributed by atoms with Gasteiger partial charge in [-0.15, -0.1) is 0 Å². The van der Waals surface area contributed by atoms with Gasteiger partial charge in [0.2, 0.25) is 0 Å². The lowest BCUT2D eigenvalue weighted by Crippen LogP contribution is -2.23. The van der Waals surface area contributed by atoms with Crippen LogP contribution in [0.25, 0.3) is 0 Å². The van der Waals surface area contributed by atoms with E-state index in [9.17, 15) is 15.2 Å². The van der Waals surface area contributed by atoms with Crippen molar-refractivity contribution in [2.24, 2.45) is 0 Å². The number of nitrogens with zero attached hydrogens (tertiary/aromatic N) is 1. The number of nitrogens with one attached hydrogen (secondary N) is 1. The van der Waals surface area contributed by atoms with E-state index in [0.717, 1.165) is 5.56 Å². The van der Waals surface area contributed by atoms with E-state index >= 15 is 0 Å². The Morgan fingerprint density at radius 3 is 2.40 bits per heavy atom. The number of benzene rings is 2. The van der Waals surface area contributed by atoms with Crippen LogP contribution in [0.4, 0.5) is 11.4 Å². The molecule has 6 nitrogen and oxygen atoms in total. The number of anilines is 1. The minimum absolute atomic E-state index is 0.104. The zero-order chi connectivity index (χ0) is 18.6. The number of aliphatic hydroxyl groups is 1. The molecule has 0 radical (unpaired) electrons. The SMILES string of the molecule is CC(C)(C)Oc1cc(NC(CO)c2ccc(Cl)cc2)ccc1[N+](=O)[O-]. The number of rotatable bonds is 6. The summed E-state index contributed by atoms with van der Waals surface area (Å²) < 4.78 is 5.71. The molecular weight excluding hydrogens is 344 g/mol. The fourth-order valence-corrected chi connectivity index (χ4v) is 2.42. The molecule has 0 aliphatic rings. The topological polar surface area (TPSA) is 84.6 Å². The largest absolute Gasteiger partial charge is 0.481 e. The van der Waals surface area contributed by atoms with Gasteiger partial charge in [0, 0.05) is 22.8 Å². The van der Waals surface area contributed by atoms with Crippen LogP contribution < -0.4 is 10.1 Å². The van der Waals surface area contributed by atoms with Gasteiger partial charge in [-0.3, -0.25) is 10.1 Å². The molecule has 0 aliphatic heterocycles. The summed E-state index contributed by atoms with van der Waals surface area (Å²) in [4.78, 5) is 10.7. The molecule has 2 rings (SSSR count). The molecule has 0 heterocycles. The number of hydrogen-bond acceptors (Lipinski definition) is 5. The van der Waals surface area contributed by atoms with Crippen LogP contribution in [0.5, 0.6) is 5.75 Å². The van der Waals surface area contributed by atoms with E-state index in [-0.39, 0.29) is 24.1 Å². The van der Waals surface area contributed by atoms with Gasteiger partial charge in [-0.2, -0.15) is 0 Å². The Morgan fingerprint density at radius 1 is 1.24 bits per heavy atom. The van der Waals surface area contributed by atoms with E-state index < -0.39 is 10.5 Å². The maximum atomic E-state index is 11.2. The van der Waals surface area contributed by atoms with Gasteiger partial charge in [-0.1, -0.05) is 23.7 Å². The van der Waals surface area contributed by atoms with Crippen molar-refractivity contribution in [2.45, 2.75) is 32.4 Å². The predicted octanol–water partition coefficient (Wildman–Crippen LogP) is 4.57. The van der Waals surface area contributed by atoms with Crippen LogP contribution >= 0.6 is 11.6 Å². The Labute approximate surface area is 151 Å². The monoisotopic (exact) mass is 364 g/mol. The summed E-state index contributed by atoms with van der Waals surface area (Å²) in [6, 6.07) is 11.3. The second-order valence-corrected chi connectivity index (χ2v) is 7.02. The molecule has 1 atom stereocenters. The van der Waals surface area contributed by atoms with Crippen molar-refractivity contribution in [1.29, 1.82) is 0 Å². The van der Waals surface area contributed by atoms with E-state index in [1.807, 2.05) is 32.9 Å². The van der Waals surface area contributed by atoms with Crippen molar-refractivity contribution in [2.75, 3.05) is 11.9 Å². The van der Waals surface area contributed by atoms with Crippen LogP contribution in [0, 0.1) is 10.1 Å². The van der Waals surface area contributed by atoms with E-state index in [0.29, 0.717) is 10.7 Å². The molecule has 0 saturated carbocycles. The molecule has 7 heteroatoms. The highest BCUT2D eigenvalue weighted by molar-refractivity contribution is 6.30. The second-order valence-electron chi connectivity index (χ2n) is 6.59. The van der Waals surface area contributed by atoms with Gasteiger partial charge in [0.1, 0.15) is 5.60 Å². The van der Waals surface area contributed by atoms with E-state index in [1.54, 1.807) is 24.3 Å². The quantitative estimate of drug-likeness (QED) is 0.579. The summed E-state index contributed by atoms with van der Waals surface area (Å²) in [7, 11) is 0. The van der Waals surface area contributed by atoms with E-state index in [2.05, 4.69) is 5.32 Å². The summed E-state index contributed by atoms with van der Waals surface area (Å²) >= 11 is 5.89. The highest BCUT2D eigenvalue weighted by Gasteiger charge is 2.22. The molecule has 1 unspecified atom stereocenters. The minimum Gasteiger partial charge on any atom is -0.481 e. The van der Waals surface area contributed by atoms with Crippen molar-refractivity contribution < 1.29 is 14.8 Å². The van der Waals surface area contributed by atoms with Crippen LogP contribution in [0.15, 0.2) is 42.5 Å². The highest BCUT2D eigenvalue weighted by atomic mass is 35.5. The van der Waals surface area contributed by atoms with Gasteiger partial charge >= 0.3 is 5.69 Å². The molecule has 2 aromatic carbocycles. The highest BCUT2D eigenvalue weighted by Crippen LogP contribution is 2.34. The van der Waals surface area contributed by atoms with Gasteiger partial charge in [0.25, 0.3) is 0 Å². The fourth-order valence-electron chi connectivity index (χ4n) is 2.30. The van der Waals surface area contributed by atoms with Crippen molar-refractivity contribution in [3.05, 3.63) is 63.2 Å². The minimum atomic E-state index is -0.573. The number of nitro groups is 1. The van der Waals surface area contributed by atoms with E-state index in [4.69, 9.17) is 16.3 Å². The molecule has 0 saturated heterocycles. The second kappa shape index (κ2) is 7.72. The summed E-state index contributed by atoms with van der Waals surface area (Å²) in [5.41, 5.74) is 0.783. The van der Waals surface area contributed by atoms with Crippen molar-refractivity contribution >= 4 is 23.0 Å². The number of aliphatic hydroxyl groups excluding tert-OH is 1. The Morgan fingerprint density at radius 2 is 1.88 bits per heavy atom. The molecule has 0 amide bonds. The summed E-state index contributed by atoms with van der Waals surface area (Å²) in [5.74, 6) is 0.176. The van der Waals surface area contributed by atoms with Crippen LogP contribution in [-0.4, -0.2) is 22.2 Å². The molecule has 0 aromatic heterocycles. The first-order valence-electron chi connectivity index (χ1n) is 7.80. The molecule has 0 bridgehead atoms. The van der Waals surface area contributed by atoms with Gasteiger partial charge in [0.05, 0.1) is 17.6 Å². The van der Waals surface area contributed by atoms with Crippen LogP contribution in [0.2, 0.25) is 5.02 Å². The first-order valence-corrected chi connectivity index (χ1v) is 8.18. The Bertz CT molecular complexity index is 742. The van der Waals surface area contributed by atoms with Gasteiger partial charge in [-0.25, -0.2) is 0 Å². The van der Waals surface area contributed by atoms with Crippen molar-refractivity contribution in [1.82, 2.24) is 0 Å². The average Bonchev–Trinajstić information content (AvgIpc) is 2.52. The Hall–Kier alpha value is -2.31. The third kappa shape index (κ3) is 5.34. The number of nitro benzene ring substituents is 1. The molecule has 25 heavy (non-hydrogen) atoms. The number of halogens is 1. The van der Waals surface area contributed by atoms with E-state index in [1.165, 1.54) is 6.07 Å². The third-order valence-electron chi connectivity index (χ3n) is 3.37. The first-order chi connectivity index (χ1) is 11.7. The van der Waals surface area contributed by atoms with Crippen molar-refractivity contribution in [3.8, 4) is 5.75 Å². The van der Waals surface area contributed by atoms with Crippen molar-refractivity contribution in [3.63, 3.8) is 0 Å². The summed E-state index contributed by atoms with van der Waals surface area (Å²) in [5, 5.41) is 24.6. The molecular formula is C18H21ClN2O4. The summed E-state index contributed by atoms with van der Waals surface area (Å²) in [6.45, 7) is 5.32. The maximum Gasteiger partial charge on any atom is 0.311 e. The normalized spacial score (nSPS) is 12.5. The fraction of sp³-hybridized carbons (Fsp3) is 0.333. The molecule has 2 aromatic rings.